The van der Waals surface area contributed by atoms with Gasteiger partial charge in [0, 0.05) is 0 Å². The van der Waals surface area contributed by atoms with Crippen LogP contribution in [0.1, 0.15) is 53.9 Å². The fraction of sp³-hybridized carbons (Fsp3) is 0.500. The zero-order valence-electron chi connectivity index (χ0n) is 11.8. The number of aromatic carboxylic acids is 1. The predicted octanol–water partition coefficient (Wildman–Crippen LogP) is 2.05. The van der Waals surface area contributed by atoms with Crippen molar-refractivity contribution < 1.29 is 23.4 Å². The maximum absolute atomic E-state index is 11.9. The minimum atomic E-state index is -3.76. The maximum atomic E-state index is 11.9. The van der Waals surface area contributed by atoms with Crippen LogP contribution in [0.15, 0.2) is 17.0 Å². The van der Waals surface area contributed by atoms with Crippen molar-refractivity contribution in [3.8, 4) is 5.75 Å². The molecule has 0 aliphatic heterocycles. The molecule has 0 heterocycles. The van der Waals surface area contributed by atoms with Gasteiger partial charge in [0.15, 0.2) is 0 Å². The minimum absolute atomic E-state index is 0.00357. The average molecular weight is 313 g/mol. The maximum Gasteiger partial charge on any atom is 0.339 e. The molecule has 2 rings (SSSR count). The summed E-state index contributed by atoms with van der Waals surface area (Å²) < 4.78 is 26.0. The Kier molecular flexibility index (Phi) is 4.53. The van der Waals surface area contributed by atoms with Gasteiger partial charge < -0.3 is 10.2 Å². The number of hydrogen-bond donors (Lipinski definition) is 3. The second kappa shape index (κ2) is 6.03. The quantitative estimate of drug-likeness (QED) is 0.789. The Labute approximate surface area is 123 Å². The number of hydrogen-bond acceptors (Lipinski definition) is 4. The van der Waals surface area contributed by atoms with Gasteiger partial charge in [-0.1, -0.05) is 19.3 Å². The van der Waals surface area contributed by atoms with Gasteiger partial charge in [0.2, 0.25) is 10.0 Å². The zero-order chi connectivity index (χ0) is 15.6. The molecule has 0 saturated heterocycles. The molecule has 0 bridgehead atoms. The molecule has 0 spiro atoms. The van der Waals surface area contributed by atoms with E-state index in [2.05, 4.69) is 4.72 Å². The third-order valence-electron chi connectivity index (χ3n) is 3.97. The molecule has 0 radical (unpaired) electrons. The van der Waals surface area contributed by atoms with E-state index in [0.29, 0.717) is 5.56 Å². The Balaban J connectivity index is 2.60. The van der Waals surface area contributed by atoms with Crippen LogP contribution in [0.4, 0.5) is 0 Å². The second-order valence-corrected chi connectivity index (χ2v) is 7.14. The first-order valence-electron chi connectivity index (χ1n) is 6.90. The molecule has 7 heteroatoms. The Bertz CT molecular complexity index is 648. The van der Waals surface area contributed by atoms with Gasteiger partial charge in [0.25, 0.3) is 0 Å². The van der Waals surface area contributed by atoms with E-state index in [4.69, 9.17) is 0 Å². The van der Waals surface area contributed by atoms with Crippen LogP contribution >= 0.6 is 0 Å². The molecule has 1 aliphatic rings. The molecule has 0 aromatic heterocycles. The number of carbonyl (C=O) groups is 1. The van der Waals surface area contributed by atoms with Crippen molar-refractivity contribution in [1.82, 2.24) is 4.72 Å². The molecule has 0 amide bonds. The molecule has 1 aromatic rings. The predicted molar refractivity (Wildman–Crippen MR) is 77.1 cm³/mol. The smallest absolute Gasteiger partial charge is 0.339 e. The number of benzene rings is 1. The van der Waals surface area contributed by atoms with Crippen molar-refractivity contribution in [1.29, 1.82) is 0 Å². The van der Waals surface area contributed by atoms with Gasteiger partial charge in [0.1, 0.15) is 11.3 Å². The zero-order valence-corrected chi connectivity index (χ0v) is 12.6. The van der Waals surface area contributed by atoms with Gasteiger partial charge in [-0.3, -0.25) is 0 Å². The van der Waals surface area contributed by atoms with E-state index in [0.717, 1.165) is 38.2 Å². The fourth-order valence-electron chi connectivity index (χ4n) is 2.79. The highest BCUT2D eigenvalue weighted by atomic mass is 32.2. The van der Waals surface area contributed by atoms with Crippen LogP contribution in [0.5, 0.6) is 5.75 Å². The molecule has 1 saturated carbocycles. The highest BCUT2D eigenvalue weighted by Gasteiger charge is 2.26. The molecule has 1 aromatic carbocycles. The van der Waals surface area contributed by atoms with Crippen LogP contribution < -0.4 is 4.72 Å². The van der Waals surface area contributed by atoms with Gasteiger partial charge in [-0.05, 0) is 43.5 Å². The third-order valence-corrected chi connectivity index (χ3v) is 5.36. The SMILES string of the molecule is CNS(=O)(=O)c1cc(C(=O)O)c(O)c(C2CCCCC2)c1. The van der Waals surface area contributed by atoms with Crippen LogP contribution in [-0.4, -0.2) is 31.6 Å². The third kappa shape index (κ3) is 3.19. The summed E-state index contributed by atoms with van der Waals surface area (Å²) in [6.45, 7) is 0. The van der Waals surface area contributed by atoms with Crippen molar-refractivity contribution >= 4 is 16.0 Å². The van der Waals surface area contributed by atoms with Gasteiger partial charge in [-0.15, -0.1) is 0 Å². The summed E-state index contributed by atoms with van der Waals surface area (Å²) in [4.78, 5) is 11.1. The number of carboxylic acids is 1. The van der Waals surface area contributed by atoms with Gasteiger partial charge in [-0.25, -0.2) is 17.9 Å². The van der Waals surface area contributed by atoms with E-state index in [1.807, 2.05) is 0 Å². The van der Waals surface area contributed by atoms with Crippen molar-refractivity contribution in [2.45, 2.75) is 42.9 Å². The summed E-state index contributed by atoms with van der Waals surface area (Å²) in [6, 6.07) is 2.39. The summed E-state index contributed by atoms with van der Waals surface area (Å²) in [5.41, 5.74) is 0.0512. The number of nitrogens with one attached hydrogen (secondary N) is 1. The molecule has 1 aliphatic carbocycles. The summed E-state index contributed by atoms with van der Waals surface area (Å²) in [7, 11) is -2.49. The molecular weight excluding hydrogens is 294 g/mol. The van der Waals surface area contributed by atoms with E-state index in [-0.39, 0.29) is 22.1 Å². The monoisotopic (exact) mass is 313 g/mol. The van der Waals surface area contributed by atoms with Gasteiger partial charge >= 0.3 is 5.97 Å². The summed E-state index contributed by atoms with van der Waals surface area (Å²) in [5.74, 6) is -1.65. The Morgan fingerprint density at radius 3 is 2.38 bits per heavy atom. The minimum Gasteiger partial charge on any atom is -0.507 e. The second-order valence-electron chi connectivity index (χ2n) is 5.26. The van der Waals surface area contributed by atoms with E-state index in [1.165, 1.54) is 13.1 Å². The summed E-state index contributed by atoms with van der Waals surface area (Å²) >= 11 is 0. The van der Waals surface area contributed by atoms with E-state index >= 15 is 0 Å². The fourth-order valence-corrected chi connectivity index (χ4v) is 3.58. The van der Waals surface area contributed by atoms with Crippen LogP contribution in [0.2, 0.25) is 0 Å². The number of rotatable bonds is 4. The van der Waals surface area contributed by atoms with Crippen LogP contribution in [0.25, 0.3) is 0 Å². The lowest BCUT2D eigenvalue weighted by Gasteiger charge is -2.24. The van der Waals surface area contributed by atoms with Crippen LogP contribution in [-0.2, 0) is 10.0 Å². The lowest BCUT2D eigenvalue weighted by Crippen LogP contribution is -2.20. The van der Waals surface area contributed by atoms with Crippen molar-refractivity contribution in [3.05, 3.63) is 23.3 Å². The highest BCUT2D eigenvalue weighted by molar-refractivity contribution is 7.89. The van der Waals surface area contributed by atoms with Crippen LogP contribution in [0.3, 0.4) is 0 Å². The summed E-state index contributed by atoms with van der Waals surface area (Å²) in [6.07, 6.45) is 4.76. The lowest BCUT2D eigenvalue weighted by molar-refractivity contribution is 0.0693. The first kappa shape index (κ1) is 15.8. The molecule has 0 atom stereocenters. The molecule has 1 fully saturated rings. The molecule has 21 heavy (non-hydrogen) atoms. The molecule has 3 N–H and O–H groups in total. The normalized spacial score (nSPS) is 16.8. The Morgan fingerprint density at radius 1 is 1.24 bits per heavy atom. The highest BCUT2D eigenvalue weighted by Crippen LogP contribution is 2.39. The topological polar surface area (TPSA) is 104 Å². The molecule has 6 nitrogen and oxygen atoms in total. The number of phenols is 1. The van der Waals surface area contributed by atoms with Crippen LogP contribution in [0, 0.1) is 0 Å². The molecular formula is C14H19NO5S. The first-order chi connectivity index (χ1) is 9.86. The largest absolute Gasteiger partial charge is 0.507 e. The van der Waals surface area contributed by atoms with Gasteiger partial charge in [0.05, 0.1) is 4.90 Å². The summed E-state index contributed by atoms with van der Waals surface area (Å²) in [5, 5.41) is 19.4. The van der Waals surface area contributed by atoms with Gasteiger partial charge in [-0.2, -0.15) is 0 Å². The Hall–Kier alpha value is -1.60. The first-order valence-corrected chi connectivity index (χ1v) is 8.39. The van der Waals surface area contributed by atoms with Crippen molar-refractivity contribution in [2.75, 3.05) is 7.05 Å². The Morgan fingerprint density at radius 2 is 1.86 bits per heavy atom. The van der Waals surface area contributed by atoms with E-state index in [9.17, 15) is 23.4 Å². The van der Waals surface area contributed by atoms with Crippen molar-refractivity contribution in [2.24, 2.45) is 0 Å². The average Bonchev–Trinajstić information content (AvgIpc) is 2.47. The van der Waals surface area contributed by atoms with Crippen molar-refractivity contribution in [3.63, 3.8) is 0 Å². The van der Waals surface area contributed by atoms with E-state index < -0.39 is 16.0 Å². The standard InChI is InChI=1S/C14H19NO5S/c1-15-21(19,20)10-7-11(9-5-3-2-4-6-9)13(16)12(8-10)14(17)18/h7-9,15-16H,2-6H2,1H3,(H,17,18). The molecule has 116 valence electrons. The number of aromatic hydroxyl groups is 1. The van der Waals surface area contributed by atoms with E-state index in [1.54, 1.807) is 0 Å². The number of carboxylic acid groups (broad SMARTS) is 1. The lowest BCUT2D eigenvalue weighted by atomic mass is 9.83. The molecule has 0 unspecified atom stereocenters. The number of sulfonamides is 1.